The first-order valence-electron chi connectivity index (χ1n) is 10.8. The van der Waals surface area contributed by atoms with Gasteiger partial charge in [0.1, 0.15) is 12.4 Å². The molecule has 0 bridgehead atoms. The van der Waals surface area contributed by atoms with Gasteiger partial charge in [-0.1, -0.05) is 42.0 Å². The zero-order valence-corrected chi connectivity index (χ0v) is 20.9. The number of nitrogens with zero attached hydrogens (tertiary/aromatic N) is 2. The van der Waals surface area contributed by atoms with Gasteiger partial charge in [0, 0.05) is 26.2 Å². The van der Waals surface area contributed by atoms with E-state index in [1.165, 1.54) is 16.7 Å². The molecule has 1 heterocycles. The number of rotatable bonds is 9. The van der Waals surface area contributed by atoms with Crippen LogP contribution in [-0.4, -0.2) is 56.9 Å². The molecule has 6 nitrogen and oxygen atoms in total. The smallest absolute Gasteiger partial charge is 0.191 e. The van der Waals surface area contributed by atoms with E-state index < -0.39 is 0 Å². The number of morpholine rings is 1. The fourth-order valence-electron chi connectivity index (χ4n) is 3.33. The van der Waals surface area contributed by atoms with E-state index in [9.17, 15) is 0 Å². The molecule has 0 aromatic heterocycles. The summed E-state index contributed by atoms with van der Waals surface area (Å²) >= 11 is 0. The molecule has 3 rings (SSSR count). The van der Waals surface area contributed by atoms with Crippen molar-refractivity contribution in [3.63, 3.8) is 0 Å². The predicted octanol–water partition coefficient (Wildman–Crippen LogP) is 3.58. The summed E-state index contributed by atoms with van der Waals surface area (Å²) < 4.78 is 11.2. The number of halogens is 1. The maximum Gasteiger partial charge on any atom is 0.191 e. The molecule has 170 valence electrons. The lowest BCUT2D eigenvalue weighted by atomic mass is 10.1. The van der Waals surface area contributed by atoms with Crippen molar-refractivity contribution in [2.45, 2.75) is 26.9 Å². The molecule has 2 N–H and O–H groups in total. The van der Waals surface area contributed by atoms with Crippen LogP contribution in [0, 0.1) is 6.92 Å². The largest absolute Gasteiger partial charge is 0.492 e. The van der Waals surface area contributed by atoms with Crippen LogP contribution in [0.5, 0.6) is 5.75 Å². The Bertz CT molecular complexity index is 792. The minimum atomic E-state index is 0. The van der Waals surface area contributed by atoms with Crippen molar-refractivity contribution in [3.05, 3.63) is 65.2 Å². The van der Waals surface area contributed by atoms with Gasteiger partial charge in [0.05, 0.1) is 26.3 Å². The third kappa shape index (κ3) is 9.45. The standard InChI is InChI=1S/C24H34N4O2.HI/c1-3-25-24(26-11-14-30-23-9-7-20(2)8-10-23)27-18-21-5-4-6-22(17-21)19-28-12-15-29-16-13-28;/h4-10,17H,3,11-16,18-19H2,1-2H3,(H2,25,26,27);1H. The number of ether oxygens (including phenoxy) is 2. The Kier molecular flexibility index (Phi) is 11.7. The van der Waals surface area contributed by atoms with Crippen LogP contribution in [0.15, 0.2) is 53.5 Å². The van der Waals surface area contributed by atoms with Gasteiger partial charge in [0.25, 0.3) is 0 Å². The first-order chi connectivity index (χ1) is 14.7. The molecule has 0 radical (unpaired) electrons. The molecule has 0 saturated carbocycles. The van der Waals surface area contributed by atoms with Gasteiger partial charge in [0.15, 0.2) is 5.96 Å². The molecule has 0 spiro atoms. The lowest BCUT2D eigenvalue weighted by Crippen LogP contribution is -2.39. The van der Waals surface area contributed by atoms with Gasteiger partial charge < -0.3 is 20.1 Å². The van der Waals surface area contributed by atoms with Crippen molar-refractivity contribution in [3.8, 4) is 5.75 Å². The normalized spacial score (nSPS) is 14.6. The van der Waals surface area contributed by atoms with Crippen LogP contribution in [0.25, 0.3) is 0 Å². The van der Waals surface area contributed by atoms with Crippen molar-refractivity contribution < 1.29 is 9.47 Å². The van der Waals surface area contributed by atoms with E-state index in [4.69, 9.17) is 14.5 Å². The van der Waals surface area contributed by atoms with Crippen LogP contribution in [0.3, 0.4) is 0 Å². The molecule has 0 aliphatic carbocycles. The average molecular weight is 538 g/mol. The van der Waals surface area contributed by atoms with E-state index in [1.54, 1.807) is 0 Å². The maximum atomic E-state index is 5.78. The van der Waals surface area contributed by atoms with Crippen LogP contribution in [-0.2, 0) is 17.8 Å². The van der Waals surface area contributed by atoms with Gasteiger partial charge in [-0.15, -0.1) is 24.0 Å². The average Bonchev–Trinajstić information content (AvgIpc) is 2.77. The van der Waals surface area contributed by atoms with Crippen LogP contribution in [0.2, 0.25) is 0 Å². The number of hydrogen-bond donors (Lipinski definition) is 2. The summed E-state index contributed by atoms with van der Waals surface area (Å²) in [6, 6.07) is 16.8. The monoisotopic (exact) mass is 538 g/mol. The van der Waals surface area contributed by atoms with Crippen LogP contribution in [0.1, 0.15) is 23.6 Å². The molecule has 1 saturated heterocycles. The molecule has 1 aliphatic rings. The maximum absolute atomic E-state index is 5.78. The summed E-state index contributed by atoms with van der Waals surface area (Å²) in [5.74, 6) is 1.70. The summed E-state index contributed by atoms with van der Waals surface area (Å²) in [6.07, 6.45) is 0. The van der Waals surface area contributed by atoms with Gasteiger partial charge in [-0.3, -0.25) is 4.90 Å². The zero-order valence-electron chi connectivity index (χ0n) is 18.6. The fourth-order valence-corrected chi connectivity index (χ4v) is 3.33. The Balaban J connectivity index is 0.00000341. The lowest BCUT2D eigenvalue weighted by Gasteiger charge is -2.26. The number of aliphatic imine (C=N–C) groups is 1. The topological polar surface area (TPSA) is 58.1 Å². The third-order valence-electron chi connectivity index (χ3n) is 4.95. The summed E-state index contributed by atoms with van der Waals surface area (Å²) in [5.41, 5.74) is 3.78. The molecule has 7 heteroatoms. The Morgan fingerprint density at radius 1 is 1.06 bits per heavy atom. The summed E-state index contributed by atoms with van der Waals surface area (Å²) in [5, 5.41) is 6.65. The third-order valence-corrected chi connectivity index (χ3v) is 4.95. The minimum Gasteiger partial charge on any atom is -0.492 e. The summed E-state index contributed by atoms with van der Waals surface area (Å²) in [6.45, 7) is 11.5. The van der Waals surface area contributed by atoms with E-state index in [-0.39, 0.29) is 24.0 Å². The Hall–Kier alpha value is -1.84. The zero-order chi connectivity index (χ0) is 21.0. The van der Waals surface area contributed by atoms with Crippen LogP contribution < -0.4 is 15.4 Å². The van der Waals surface area contributed by atoms with E-state index >= 15 is 0 Å². The second-order valence-electron chi connectivity index (χ2n) is 7.49. The SMILES string of the molecule is CCNC(=NCc1cccc(CN2CCOCC2)c1)NCCOc1ccc(C)cc1.I. The molecule has 1 fully saturated rings. The van der Waals surface area contributed by atoms with Crippen LogP contribution >= 0.6 is 24.0 Å². The van der Waals surface area contributed by atoms with Crippen molar-refractivity contribution in [2.75, 3.05) is 46.0 Å². The van der Waals surface area contributed by atoms with Crippen molar-refractivity contribution in [1.82, 2.24) is 15.5 Å². The molecule has 1 aliphatic heterocycles. The van der Waals surface area contributed by atoms with E-state index in [0.29, 0.717) is 19.7 Å². The molecule has 0 atom stereocenters. The Morgan fingerprint density at radius 2 is 1.81 bits per heavy atom. The van der Waals surface area contributed by atoms with E-state index in [0.717, 1.165) is 51.1 Å². The second-order valence-corrected chi connectivity index (χ2v) is 7.49. The lowest BCUT2D eigenvalue weighted by molar-refractivity contribution is 0.0342. The van der Waals surface area contributed by atoms with Crippen LogP contribution in [0.4, 0.5) is 0 Å². The quantitative estimate of drug-likeness (QED) is 0.221. The molecule has 0 amide bonds. The molecule has 31 heavy (non-hydrogen) atoms. The van der Waals surface area contributed by atoms with Crippen molar-refractivity contribution in [2.24, 2.45) is 4.99 Å². The van der Waals surface area contributed by atoms with E-state index in [2.05, 4.69) is 65.8 Å². The first-order valence-corrected chi connectivity index (χ1v) is 10.8. The second kappa shape index (κ2) is 14.3. The van der Waals surface area contributed by atoms with Crippen molar-refractivity contribution in [1.29, 1.82) is 0 Å². The van der Waals surface area contributed by atoms with Gasteiger partial charge in [-0.2, -0.15) is 0 Å². The minimum absolute atomic E-state index is 0. The summed E-state index contributed by atoms with van der Waals surface area (Å²) in [7, 11) is 0. The summed E-state index contributed by atoms with van der Waals surface area (Å²) in [4.78, 5) is 7.17. The highest BCUT2D eigenvalue weighted by Gasteiger charge is 2.10. The number of nitrogens with one attached hydrogen (secondary N) is 2. The highest BCUT2D eigenvalue weighted by Crippen LogP contribution is 2.12. The van der Waals surface area contributed by atoms with E-state index in [1.807, 2.05) is 12.1 Å². The number of benzene rings is 2. The molecular formula is C24H35IN4O2. The fraction of sp³-hybridized carbons (Fsp3) is 0.458. The number of guanidine groups is 1. The number of hydrogen-bond acceptors (Lipinski definition) is 4. The molecular weight excluding hydrogens is 503 g/mol. The van der Waals surface area contributed by atoms with Gasteiger partial charge in [-0.05, 0) is 37.1 Å². The van der Waals surface area contributed by atoms with Crippen molar-refractivity contribution >= 4 is 29.9 Å². The Morgan fingerprint density at radius 3 is 2.55 bits per heavy atom. The first kappa shape index (κ1) is 25.4. The van der Waals surface area contributed by atoms with Gasteiger partial charge in [-0.25, -0.2) is 4.99 Å². The highest BCUT2D eigenvalue weighted by molar-refractivity contribution is 14.0. The molecule has 2 aromatic rings. The molecule has 2 aromatic carbocycles. The Labute approximate surface area is 203 Å². The predicted molar refractivity (Wildman–Crippen MR) is 137 cm³/mol. The van der Waals surface area contributed by atoms with Gasteiger partial charge in [0.2, 0.25) is 0 Å². The number of aryl methyl sites for hydroxylation is 1. The highest BCUT2D eigenvalue weighted by atomic mass is 127. The molecule has 0 unspecified atom stereocenters. The van der Waals surface area contributed by atoms with Gasteiger partial charge >= 0.3 is 0 Å².